The maximum absolute atomic E-state index is 12.8. The van der Waals surface area contributed by atoms with Crippen LogP contribution in [0.1, 0.15) is 23.1 Å². The summed E-state index contributed by atoms with van der Waals surface area (Å²) >= 11 is 0. The van der Waals surface area contributed by atoms with E-state index in [1.165, 1.54) is 0 Å². The summed E-state index contributed by atoms with van der Waals surface area (Å²) in [5.74, 6) is 1.11. The molecule has 7 nitrogen and oxygen atoms in total. The average molecular weight is 355 g/mol. The van der Waals surface area contributed by atoms with Crippen molar-refractivity contribution < 1.29 is 9.53 Å². The Kier molecular flexibility index (Phi) is 5.68. The number of piperazine rings is 1. The zero-order chi connectivity index (χ0) is 18.5. The Morgan fingerprint density at radius 1 is 1.19 bits per heavy atom. The molecule has 138 valence electrons. The van der Waals surface area contributed by atoms with Gasteiger partial charge in [0.1, 0.15) is 11.4 Å². The van der Waals surface area contributed by atoms with Crippen molar-refractivity contribution in [2.75, 3.05) is 45.2 Å². The van der Waals surface area contributed by atoms with Gasteiger partial charge in [-0.25, -0.2) is 9.97 Å². The Morgan fingerprint density at radius 3 is 2.65 bits per heavy atom. The van der Waals surface area contributed by atoms with E-state index in [0.717, 1.165) is 49.9 Å². The molecule has 0 spiro atoms. The van der Waals surface area contributed by atoms with Crippen molar-refractivity contribution in [2.24, 2.45) is 0 Å². The normalized spacial score (nSPS) is 15.0. The predicted octanol–water partition coefficient (Wildman–Crippen LogP) is 2.31. The maximum atomic E-state index is 12.8. The van der Waals surface area contributed by atoms with Crippen LogP contribution in [0.4, 0.5) is 11.6 Å². The largest absolute Gasteiger partial charge is 0.497 e. The molecular formula is C19H25N5O2. The Bertz CT molecular complexity index is 772. The molecule has 26 heavy (non-hydrogen) atoms. The molecule has 1 aliphatic heterocycles. The maximum Gasteiger partial charge on any atom is 0.272 e. The van der Waals surface area contributed by atoms with E-state index in [0.29, 0.717) is 11.6 Å². The molecule has 1 aromatic heterocycles. The quantitative estimate of drug-likeness (QED) is 0.888. The molecule has 2 heterocycles. The molecule has 1 aliphatic rings. The summed E-state index contributed by atoms with van der Waals surface area (Å²) in [7, 11) is 1.62. The molecule has 1 amide bonds. The first kappa shape index (κ1) is 18.1. The number of methoxy groups -OCH3 is 1. The summed E-state index contributed by atoms with van der Waals surface area (Å²) in [5, 5.41) is 3.15. The number of ether oxygens (including phenoxy) is 1. The fourth-order valence-corrected chi connectivity index (χ4v) is 2.99. The van der Waals surface area contributed by atoms with Crippen LogP contribution in [-0.4, -0.2) is 65.5 Å². The molecule has 0 aliphatic carbocycles. The minimum atomic E-state index is -0.0417. The second kappa shape index (κ2) is 8.14. The Hall–Kier alpha value is -2.67. The number of rotatable bonds is 5. The van der Waals surface area contributed by atoms with Crippen LogP contribution < -0.4 is 10.1 Å². The summed E-state index contributed by atoms with van der Waals surface area (Å²) in [6.07, 6.45) is 0. The van der Waals surface area contributed by atoms with Crippen LogP contribution >= 0.6 is 0 Å². The van der Waals surface area contributed by atoms with E-state index in [1.807, 2.05) is 36.1 Å². The number of amides is 1. The molecule has 1 fully saturated rings. The zero-order valence-corrected chi connectivity index (χ0v) is 15.5. The number of carbonyl (C=O) groups excluding carboxylic acids is 1. The molecule has 7 heteroatoms. The lowest BCUT2D eigenvalue weighted by molar-refractivity contribution is 0.0637. The molecule has 0 saturated carbocycles. The van der Waals surface area contributed by atoms with E-state index in [4.69, 9.17) is 4.74 Å². The van der Waals surface area contributed by atoms with E-state index in [9.17, 15) is 4.79 Å². The van der Waals surface area contributed by atoms with Gasteiger partial charge in [0.25, 0.3) is 5.91 Å². The second-order valence-corrected chi connectivity index (χ2v) is 6.30. The first-order chi connectivity index (χ1) is 12.6. The summed E-state index contributed by atoms with van der Waals surface area (Å²) in [5.41, 5.74) is 1.98. The van der Waals surface area contributed by atoms with Crippen molar-refractivity contribution in [1.82, 2.24) is 19.8 Å². The Morgan fingerprint density at radius 2 is 1.96 bits per heavy atom. The highest BCUT2D eigenvalue weighted by molar-refractivity contribution is 5.92. The van der Waals surface area contributed by atoms with Gasteiger partial charge in [0.2, 0.25) is 5.95 Å². The number of benzene rings is 1. The summed E-state index contributed by atoms with van der Waals surface area (Å²) < 4.78 is 5.23. The molecule has 2 aromatic rings. The van der Waals surface area contributed by atoms with Gasteiger partial charge < -0.3 is 19.9 Å². The lowest BCUT2D eigenvalue weighted by Gasteiger charge is -2.33. The van der Waals surface area contributed by atoms with Gasteiger partial charge in [-0.05, 0) is 31.7 Å². The third kappa shape index (κ3) is 4.29. The molecule has 1 saturated heterocycles. The fourth-order valence-electron chi connectivity index (χ4n) is 2.99. The van der Waals surface area contributed by atoms with Gasteiger partial charge in [-0.15, -0.1) is 0 Å². The number of nitrogens with one attached hydrogen (secondary N) is 1. The van der Waals surface area contributed by atoms with E-state index in [-0.39, 0.29) is 5.91 Å². The number of aryl methyl sites for hydroxylation is 1. The first-order valence-electron chi connectivity index (χ1n) is 8.87. The lowest BCUT2D eigenvalue weighted by Crippen LogP contribution is -2.48. The standard InChI is InChI=1S/C19H25N5O2/c1-4-23-8-10-24(11-9-23)18(25)17-12-14(2)20-19(22-17)21-15-6-5-7-16(13-15)26-3/h5-7,12-13H,4,8-11H2,1-3H3,(H,20,21,22). The van der Waals surface area contributed by atoms with E-state index in [1.54, 1.807) is 13.2 Å². The number of anilines is 2. The molecule has 3 rings (SSSR count). The van der Waals surface area contributed by atoms with E-state index >= 15 is 0 Å². The highest BCUT2D eigenvalue weighted by atomic mass is 16.5. The van der Waals surface area contributed by atoms with Crippen LogP contribution in [0, 0.1) is 6.92 Å². The van der Waals surface area contributed by atoms with Gasteiger partial charge in [-0.2, -0.15) is 0 Å². The molecule has 0 atom stereocenters. The van der Waals surface area contributed by atoms with Crippen molar-refractivity contribution in [3.05, 3.63) is 41.7 Å². The molecule has 0 unspecified atom stereocenters. The smallest absolute Gasteiger partial charge is 0.272 e. The minimum absolute atomic E-state index is 0.0417. The van der Waals surface area contributed by atoms with Crippen molar-refractivity contribution in [1.29, 1.82) is 0 Å². The Labute approximate surface area is 154 Å². The van der Waals surface area contributed by atoms with Crippen LogP contribution in [0.5, 0.6) is 5.75 Å². The molecular weight excluding hydrogens is 330 g/mol. The van der Waals surface area contributed by atoms with Crippen molar-refractivity contribution in [3.8, 4) is 5.75 Å². The van der Waals surface area contributed by atoms with Gasteiger partial charge in [0.05, 0.1) is 7.11 Å². The number of hydrogen-bond acceptors (Lipinski definition) is 6. The van der Waals surface area contributed by atoms with Crippen molar-refractivity contribution >= 4 is 17.5 Å². The van der Waals surface area contributed by atoms with Crippen LogP contribution in [0.3, 0.4) is 0 Å². The molecule has 0 bridgehead atoms. The summed E-state index contributed by atoms with van der Waals surface area (Å²) in [6, 6.07) is 9.26. The van der Waals surface area contributed by atoms with Crippen LogP contribution in [-0.2, 0) is 0 Å². The van der Waals surface area contributed by atoms with Crippen LogP contribution in [0.15, 0.2) is 30.3 Å². The third-order valence-electron chi connectivity index (χ3n) is 4.51. The zero-order valence-electron chi connectivity index (χ0n) is 15.5. The number of likely N-dealkylation sites (N-methyl/N-ethyl adjacent to an activating group) is 1. The number of carbonyl (C=O) groups is 1. The number of aromatic nitrogens is 2. The van der Waals surface area contributed by atoms with Crippen LogP contribution in [0.2, 0.25) is 0 Å². The first-order valence-corrected chi connectivity index (χ1v) is 8.87. The van der Waals surface area contributed by atoms with Gasteiger partial charge in [-0.3, -0.25) is 4.79 Å². The van der Waals surface area contributed by atoms with E-state index in [2.05, 4.69) is 27.1 Å². The fraction of sp³-hybridized carbons (Fsp3) is 0.421. The molecule has 1 aromatic carbocycles. The predicted molar refractivity (Wildman–Crippen MR) is 101 cm³/mol. The topological polar surface area (TPSA) is 70.6 Å². The molecule has 0 radical (unpaired) electrons. The van der Waals surface area contributed by atoms with E-state index < -0.39 is 0 Å². The lowest BCUT2D eigenvalue weighted by atomic mass is 10.2. The van der Waals surface area contributed by atoms with Crippen molar-refractivity contribution in [3.63, 3.8) is 0 Å². The van der Waals surface area contributed by atoms with Crippen molar-refractivity contribution in [2.45, 2.75) is 13.8 Å². The Balaban J connectivity index is 1.75. The highest BCUT2D eigenvalue weighted by Gasteiger charge is 2.23. The second-order valence-electron chi connectivity index (χ2n) is 6.30. The monoisotopic (exact) mass is 355 g/mol. The molecule has 1 N–H and O–H groups in total. The number of hydrogen-bond donors (Lipinski definition) is 1. The minimum Gasteiger partial charge on any atom is -0.497 e. The van der Waals surface area contributed by atoms with Crippen LogP contribution in [0.25, 0.3) is 0 Å². The average Bonchev–Trinajstić information content (AvgIpc) is 2.67. The van der Waals surface area contributed by atoms with Gasteiger partial charge in [0, 0.05) is 43.6 Å². The summed E-state index contributed by atoms with van der Waals surface area (Å²) in [4.78, 5) is 25.9. The highest BCUT2D eigenvalue weighted by Crippen LogP contribution is 2.20. The SMILES string of the molecule is CCN1CCN(C(=O)c2cc(C)nc(Nc3cccc(OC)c3)n2)CC1. The number of nitrogens with zero attached hydrogens (tertiary/aromatic N) is 4. The summed E-state index contributed by atoms with van der Waals surface area (Å²) in [6.45, 7) is 8.29. The van der Waals surface area contributed by atoms with Gasteiger partial charge in [-0.1, -0.05) is 13.0 Å². The third-order valence-corrected chi connectivity index (χ3v) is 4.51. The van der Waals surface area contributed by atoms with Gasteiger partial charge in [0.15, 0.2) is 0 Å². The van der Waals surface area contributed by atoms with Gasteiger partial charge >= 0.3 is 0 Å².